The average Bonchev–Trinajstić information content (AvgIpc) is 3.53. The molecule has 2 aromatic heterocycles. The molecule has 0 N–H and O–H groups in total. The predicted molar refractivity (Wildman–Crippen MR) is 165 cm³/mol. The third-order valence-corrected chi connectivity index (χ3v) is 7.88. The molecule has 0 saturated carbocycles. The van der Waals surface area contributed by atoms with E-state index in [1.165, 1.54) is 32.6 Å². The number of rotatable bonds is 2. The second-order valence-corrected chi connectivity index (χ2v) is 10.0. The molecule has 0 unspecified atom stereocenters. The van der Waals surface area contributed by atoms with Crippen molar-refractivity contribution in [3.05, 3.63) is 144 Å². The van der Waals surface area contributed by atoms with Crippen LogP contribution in [0.2, 0.25) is 0 Å². The minimum atomic E-state index is 0.459. The van der Waals surface area contributed by atoms with Crippen molar-refractivity contribution in [1.82, 2.24) is 9.13 Å². The number of benzene rings is 6. The van der Waals surface area contributed by atoms with E-state index in [4.69, 9.17) is 13.1 Å². The van der Waals surface area contributed by atoms with Gasteiger partial charge >= 0.3 is 0 Å². The Labute approximate surface area is 230 Å². The molecule has 8 aromatic rings. The summed E-state index contributed by atoms with van der Waals surface area (Å²) in [4.78, 5) is 7.31. The second-order valence-electron chi connectivity index (χ2n) is 10.0. The summed E-state index contributed by atoms with van der Waals surface area (Å²) in [5.74, 6) is 0. The Morgan fingerprint density at radius 1 is 0.425 bits per heavy atom. The van der Waals surface area contributed by atoms with Gasteiger partial charge in [-0.05, 0) is 59.3 Å². The molecule has 0 saturated heterocycles. The van der Waals surface area contributed by atoms with Crippen LogP contribution in [0, 0.1) is 13.1 Å². The highest BCUT2D eigenvalue weighted by molar-refractivity contribution is 6.22. The number of aromatic nitrogens is 2. The van der Waals surface area contributed by atoms with Crippen molar-refractivity contribution in [2.75, 3.05) is 0 Å². The fourth-order valence-corrected chi connectivity index (χ4v) is 6.23. The van der Waals surface area contributed by atoms with Crippen molar-refractivity contribution >= 4 is 65.8 Å². The standard InChI is InChI=1S/C36H20N4/c1-37-24-19-25(38-2)21-27(20-24)40-34-18-16-26(22-31(34)36-28-10-4-3-9-23(28)15-17-35(36)40)39-32-13-7-5-11-29(32)30-12-6-8-14-33(30)39/h3-22H. The molecule has 8 rings (SSSR count). The summed E-state index contributed by atoms with van der Waals surface area (Å²) in [5.41, 5.74) is 7.25. The van der Waals surface area contributed by atoms with E-state index in [2.05, 4.69) is 122 Å². The van der Waals surface area contributed by atoms with Crippen LogP contribution in [-0.2, 0) is 0 Å². The third-order valence-electron chi connectivity index (χ3n) is 7.88. The van der Waals surface area contributed by atoms with Crippen LogP contribution in [-0.4, -0.2) is 9.13 Å². The van der Waals surface area contributed by atoms with Gasteiger partial charge in [0.05, 0.1) is 35.2 Å². The van der Waals surface area contributed by atoms with Gasteiger partial charge in [0.1, 0.15) is 0 Å². The fraction of sp³-hybridized carbons (Fsp3) is 0. The topological polar surface area (TPSA) is 18.6 Å². The molecule has 0 spiro atoms. The molecule has 0 amide bonds. The van der Waals surface area contributed by atoms with Gasteiger partial charge in [-0.3, -0.25) is 0 Å². The van der Waals surface area contributed by atoms with Crippen LogP contribution in [0.4, 0.5) is 11.4 Å². The smallest absolute Gasteiger partial charge is 0.179 e. The van der Waals surface area contributed by atoms with Gasteiger partial charge < -0.3 is 9.13 Å². The summed E-state index contributed by atoms with van der Waals surface area (Å²) >= 11 is 0. The van der Waals surface area contributed by atoms with Gasteiger partial charge in [0.2, 0.25) is 0 Å². The zero-order valence-corrected chi connectivity index (χ0v) is 21.3. The van der Waals surface area contributed by atoms with Crippen LogP contribution in [0.15, 0.2) is 121 Å². The van der Waals surface area contributed by atoms with Crippen LogP contribution in [0.5, 0.6) is 0 Å². The molecular weight excluding hydrogens is 488 g/mol. The zero-order valence-electron chi connectivity index (χ0n) is 21.3. The van der Waals surface area contributed by atoms with Crippen LogP contribution in [0.1, 0.15) is 0 Å². The highest BCUT2D eigenvalue weighted by Gasteiger charge is 2.18. The van der Waals surface area contributed by atoms with Crippen LogP contribution in [0.3, 0.4) is 0 Å². The molecule has 4 heteroatoms. The highest BCUT2D eigenvalue weighted by atomic mass is 15.0. The van der Waals surface area contributed by atoms with E-state index in [-0.39, 0.29) is 0 Å². The Morgan fingerprint density at radius 2 is 0.975 bits per heavy atom. The second kappa shape index (κ2) is 8.33. The van der Waals surface area contributed by atoms with Gasteiger partial charge in [0.25, 0.3) is 0 Å². The van der Waals surface area contributed by atoms with Crippen molar-refractivity contribution in [3.63, 3.8) is 0 Å². The summed E-state index contributed by atoms with van der Waals surface area (Å²) in [6.45, 7) is 15.2. The Kier molecular flexibility index (Phi) is 4.62. The van der Waals surface area contributed by atoms with Crippen LogP contribution < -0.4 is 0 Å². The van der Waals surface area contributed by atoms with Gasteiger partial charge in [-0.25, -0.2) is 9.69 Å². The molecule has 0 aliphatic carbocycles. The zero-order chi connectivity index (χ0) is 26.8. The first kappa shape index (κ1) is 22.2. The van der Waals surface area contributed by atoms with Crippen molar-refractivity contribution in [2.45, 2.75) is 0 Å². The van der Waals surface area contributed by atoms with E-state index >= 15 is 0 Å². The molecule has 2 heterocycles. The Morgan fingerprint density at radius 3 is 1.65 bits per heavy atom. The molecule has 40 heavy (non-hydrogen) atoms. The SMILES string of the molecule is [C-]#[N+]c1cc([N+]#[C-])cc(-n2c3ccc(-n4c5ccccc5c5ccccc54)cc3c3c4ccccc4ccc32)c1. The number of hydrogen-bond donors (Lipinski definition) is 0. The monoisotopic (exact) mass is 508 g/mol. The first-order chi connectivity index (χ1) is 19.7. The summed E-state index contributed by atoms with van der Waals surface area (Å²) in [6.07, 6.45) is 0. The summed E-state index contributed by atoms with van der Waals surface area (Å²) in [5, 5.41) is 7.10. The third kappa shape index (κ3) is 3.05. The molecule has 6 aromatic carbocycles. The molecule has 0 atom stereocenters. The highest BCUT2D eigenvalue weighted by Crippen LogP contribution is 2.40. The predicted octanol–water partition coefficient (Wildman–Crippen LogP) is 10.1. The lowest BCUT2D eigenvalue weighted by Crippen LogP contribution is -1.95. The number of para-hydroxylation sites is 2. The average molecular weight is 509 g/mol. The molecular formula is C36H20N4. The van der Waals surface area contributed by atoms with Gasteiger partial charge in [-0.2, -0.15) is 0 Å². The summed E-state index contributed by atoms with van der Waals surface area (Å²) in [7, 11) is 0. The van der Waals surface area contributed by atoms with Crippen LogP contribution >= 0.6 is 0 Å². The molecule has 184 valence electrons. The van der Waals surface area contributed by atoms with Gasteiger partial charge in [0.15, 0.2) is 11.4 Å². The van der Waals surface area contributed by atoms with Gasteiger partial charge in [-0.1, -0.05) is 72.8 Å². The van der Waals surface area contributed by atoms with E-state index in [9.17, 15) is 0 Å². The molecule has 4 nitrogen and oxygen atoms in total. The Bertz CT molecular complexity index is 2320. The van der Waals surface area contributed by atoms with Crippen molar-refractivity contribution in [3.8, 4) is 11.4 Å². The van der Waals surface area contributed by atoms with E-state index < -0.39 is 0 Å². The fourth-order valence-electron chi connectivity index (χ4n) is 6.23. The largest absolute Gasteiger partial charge is 0.312 e. The molecule has 0 aliphatic heterocycles. The number of fused-ring (bicyclic) bond motifs is 8. The Balaban J connectivity index is 1.53. The molecule has 0 radical (unpaired) electrons. The summed E-state index contributed by atoms with van der Waals surface area (Å²) < 4.78 is 4.53. The minimum absolute atomic E-state index is 0.459. The van der Waals surface area contributed by atoms with Gasteiger partial charge in [0, 0.05) is 32.9 Å². The quantitative estimate of drug-likeness (QED) is 0.207. The number of nitrogens with zero attached hydrogens (tertiary/aromatic N) is 4. The van der Waals surface area contributed by atoms with Crippen molar-refractivity contribution in [1.29, 1.82) is 0 Å². The maximum atomic E-state index is 7.62. The first-order valence-corrected chi connectivity index (χ1v) is 13.1. The molecule has 0 bridgehead atoms. The molecule has 0 aliphatic rings. The lowest BCUT2D eigenvalue weighted by molar-refractivity contribution is 1.17. The minimum Gasteiger partial charge on any atom is -0.312 e. The van der Waals surface area contributed by atoms with E-state index in [1.807, 2.05) is 12.1 Å². The van der Waals surface area contributed by atoms with Crippen LogP contribution in [0.25, 0.3) is 75.4 Å². The summed E-state index contributed by atoms with van der Waals surface area (Å²) in [6, 6.07) is 41.9. The maximum Gasteiger partial charge on any atom is 0.179 e. The van der Waals surface area contributed by atoms with Gasteiger partial charge in [-0.15, -0.1) is 0 Å². The van der Waals surface area contributed by atoms with Crippen molar-refractivity contribution < 1.29 is 0 Å². The maximum absolute atomic E-state index is 7.62. The first-order valence-electron chi connectivity index (χ1n) is 13.1. The lowest BCUT2D eigenvalue weighted by Gasteiger charge is -2.11. The van der Waals surface area contributed by atoms with E-state index in [0.717, 1.165) is 33.2 Å². The van der Waals surface area contributed by atoms with E-state index in [1.54, 1.807) is 6.07 Å². The lowest BCUT2D eigenvalue weighted by atomic mass is 10.0. The Hall–Kier alpha value is -5.84. The van der Waals surface area contributed by atoms with E-state index in [0.29, 0.717) is 11.4 Å². The van der Waals surface area contributed by atoms with Crippen molar-refractivity contribution in [2.24, 2.45) is 0 Å². The molecule has 0 fully saturated rings. The normalized spacial score (nSPS) is 11.4. The number of hydrogen-bond acceptors (Lipinski definition) is 0.